The lowest BCUT2D eigenvalue weighted by Gasteiger charge is -2.44. The molecule has 0 radical (unpaired) electrons. The Balaban J connectivity index is 2.02. The zero-order valence-electron chi connectivity index (χ0n) is 11.4. The summed E-state index contributed by atoms with van der Waals surface area (Å²) in [6.07, 6.45) is 10.8. The van der Waals surface area contributed by atoms with Crippen LogP contribution in [0.15, 0.2) is 0 Å². The van der Waals surface area contributed by atoms with Crippen molar-refractivity contribution in [1.82, 2.24) is 4.90 Å². The molecule has 18 heavy (non-hydrogen) atoms. The highest BCUT2D eigenvalue weighted by Gasteiger charge is 2.35. The summed E-state index contributed by atoms with van der Waals surface area (Å²) in [7, 11) is 0. The van der Waals surface area contributed by atoms with Gasteiger partial charge in [-0.3, -0.25) is 4.90 Å². The SMILES string of the molecule is N#CC1CCCCCC1N(CCCO)C1CCC1. The Bertz CT molecular complexity index is 283. The van der Waals surface area contributed by atoms with Crippen molar-refractivity contribution >= 4 is 0 Å². The first-order valence-corrected chi connectivity index (χ1v) is 7.63. The largest absolute Gasteiger partial charge is 0.396 e. The van der Waals surface area contributed by atoms with Crippen LogP contribution in [0, 0.1) is 17.2 Å². The van der Waals surface area contributed by atoms with Gasteiger partial charge in [0.05, 0.1) is 12.0 Å². The first-order valence-electron chi connectivity index (χ1n) is 7.63. The van der Waals surface area contributed by atoms with E-state index in [1.54, 1.807) is 0 Å². The van der Waals surface area contributed by atoms with E-state index in [1.165, 1.54) is 44.9 Å². The molecule has 2 atom stereocenters. The minimum absolute atomic E-state index is 0.215. The monoisotopic (exact) mass is 250 g/mol. The van der Waals surface area contributed by atoms with E-state index in [1.807, 2.05) is 0 Å². The van der Waals surface area contributed by atoms with Gasteiger partial charge in [0.25, 0.3) is 0 Å². The van der Waals surface area contributed by atoms with Gasteiger partial charge in [-0.2, -0.15) is 5.26 Å². The number of aliphatic hydroxyl groups is 1. The fraction of sp³-hybridized carbons (Fsp3) is 0.933. The van der Waals surface area contributed by atoms with Gasteiger partial charge < -0.3 is 5.11 Å². The minimum Gasteiger partial charge on any atom is -0.396 e. The molecule has 2 aliphatic rings. The lowest BCUT2D eigenvalue weighted by atomic mass is 9.86. The standard InChI is InChI=1S/C15H26N2O/c16-12-13-6-2-1-3-9-15(13)17(10-5-11-18)14-7-4-8-14/h13-15,18H,1-11H2. The van der Waals surface area contributed by atoms with Crippen LogP contribution in [-0.4, -0.2) is 35.2 Å². The molecule has 2 unspecified atom stereocenters. The van der Waals surface area contributed by atoms with Crippen molar-refractivity contribution in [2.24, 2.45) is 5.92 Å². The molecule has 2 fully saturated rings. The summed E-state index contributed by atoms with van der Waals surface area (Å²) in [5.74, 6) is 0.215. The topological polar surface area (TPSA) is 47.3 Å². The molecule has 2 saturated carbocycles. The molecule has 2 rings (SSSR count). The molecule has 0 amide bonds. The number of nitrogens with zero attached hydrogens (tertiary/aromatic N) is 2. The molecule has 0 aliphatic heterocycles. The van der Waals surface area contributed by atoms with E-state index in [0.29, 0.717) is 12.1 Å². The maximum Gasteiger partial charge on any atom is 0.0672 e. The summed E-state index contributed by atoms with van der Waals surface area (Å²) in [5.41, 5.74) is 0. The molecule has 0 aromatic carbocycles. The van der Waals surface area contributed by atoms with E-state index >= 15 is 0 Å². The first-order chi connectivity index (χ1) is 8.86. The van der Waals surface area contributed by atoms with Crippen LogP contribution in [-0.2, 0) is 0 Å². The van der Waals surface area contributed by atoms with Crippen LogP contribution in [0.5, 0.6) is 0 Å². The minimum atomic E-state index is 0.215. The third kappa shape index (κ3) is 3.24. The predicted octanol–water partition coefficient (Wildman–Crippen LogP) is 2.70. The molecule has 0 aromatic rings. The summed E-state index contributed by atoms with van der Waals surface area (Å²) in [6.45, 7) is 1.25. The van der Waals surface area contributed by atoms with Gasteiger partial charge in [-0.1, -0.05) is 25.7 Å². The van der Waals surface area contributed by atoms with Gasteiger partial charge in [0.1, 0.15) is 0 Å². The van der Waals surface area contributed by atoms with E-state index in [2.05, 4.69) is 11.0 Å². The molecule has 3 heteroatoms. The summed E-state index contributed by atoms with van der Waals surface area (Å²) < 4.78 is 0. The van der Waals surface area contributed by atoms with E-state index in [0.717, 1.165) is 19.4 Å². The second-order valence-corrected chi connectivity index (χ2v) is 5.84. The number of rotatable bonds is 5. The first kappa shape index (κ1) is 13.8. The molecular weight excluding hydrogens is 224 g/mol. The van der Waals surface area contributed by atoms with Crippen molar-refractivity contribution in [1.29, 1.82) is 5.26 Å². The highest BCUT2D eigenvalue weighted by atomic mass is 16.3. The van der Waals surface area contributed by atoms with Gasteiger partial charge in [0, 0.05) is 25.2 Å². The van der Waals surface area contributed by atoms with Gasteiger partial charge in [-0.05, 0) is 32.1 Å². The molecule has 0 bridgehead atoms. The lowest BCUT2D eigenvalue weighted by Crippen LogP contribution is -2.49. The Morgan fingerprint density at radius 1 is 1.06 bits per heavy atom. The van der Waals surface area contributed by atoms with Gasteiger partial charge >= 0.3 is 0 Å². The van der Waals surface area contributed by atoms with E-state index < -0.39 is 0 Å². The van der Waals surface area contributed by atoms with Gasteiger partial charge in [0.2, 0.25) is 0 Å². The molecule has 102 valence electrons. The molecule has 3 nitrogen and oxygen atoms in total. The zero-order valence-corrected chi connectivity index (χ0v) is 11.4. The number of hydrogen-bond donors (Lipinski definition) is 1. The van der Waals surface area contributed by atoms with Crippen molar-refractivity contribution < 1.29 is 5.11 Å². The zero-order chi connectivity index (χ0) is 12.8. The average molecular weight is 250 g/mol. The van der Waals surface area contributed by atoms with Crippen LogP contribution in [0.4, 0.5) is 0 Å². The van der Waals surface area contributed by atoms with Crippen molar-refractivity contribution in [2.75, 3.05) is 13.2 Å². The molecule has 0 heterocycles. The molecule has 2 aliphatic carbocycles. The Morgan fingerprint density at radius 3 is 2.44 bits per heavy atom. The fourth-order valence-electron chi connectivity index (χ4n) is 3.43. The Hall–Kier alpha value is -0.590. The highest BCUT2D eigenvalue weighted by molar-refractivity contribution is 4.97. The van der Waals surface area contributed by atoms with Crippen molar-refractivity contribution in [3.05, 3.63) is 0 Å². The summed E-state index contributed by atoms with van der Waals surface area (Å²) in [6, 6.07) is 3.69. The summed E-state index contributed by atoms with van der Waals surface area (Å²) >= 11 is 0. The third-order valence-electron chi connectivity index (χ3n) is 4.69. The van der Waals surface area contributed by atoms with Crippen LogP contribution in [0.1, 0.15) is 57.8 Å². The number of hydrogen-bond acceptors (Lipinski definition) is 3. The lowest BCUT2D eigenvalue weighted by molar-refractivity contribution is 0.0506. The Labute approximate surface area is 111 Å². The van der Waals surface area contributed by atoms with Crippen LogP contribution < -0.4 is 0 Å². The Kier molecular flexibility index (Phi) is 5.46. The molecule has 0 aromatic heterocycles. The highest BCUT2D eigenvalue weighted by Crippen LogP contribution is 2.33. The third-order valence-corrected chi connectivity index (χ3v) is 4.69. The second-order valence-electron chi connectivity index (χ2n) is 5.84. The number of aliphatic hydroxyl groups excluding tert-OH is 1. The normalized spacial score (nSPS) is 29.6. The molecule has 1 N–H and O–H groups in total. The molecule has 0 spiro atoms. The maximum atomic E-state index is 9.41. The molecule has 0 saturated heterocycles. The van der Waals surface area contributed by atoms with E-state index in [-0.39, 0.29) is 12.5 Å². The van der Waals surface area contributed by atoms with Gasteiger partial charge in [0.15, 0.2) is 0 Å². The van der Waals surface area contributed by atoms with Gasteiger partial charge in [-0.25, -0.2) is 0 Å². The second kappa shape index (κ2) is 7.11. The fourth-order valence-corrected chi connectivity index (χ4v) is 3.43. The maximum absolute atomic E-state index is 9.41. The van der Waals surface area contributed by atoms with Crippen LogP contribution in [0.25, 0.3) is 0 Å². The van der Waals surface area contributed by atoms with Gasteiger partial charge in [-0.15, -0.1) is 0 Å². The summed E-state index contributed by atoms with van der Waals surface area (Å²) in [5, 5.41) is 18.5. The van der Waals surface area contributed by atoms with E-state index in [4.69, 9.17) is 5.11 Å². The predicted molar refractivity (Wildman–Crippen MR) is 72.0 cm³/mol. The molecular formula is C15H26N2O. The summed E-state index contributed by atoms with van der Waals surface area (Å²) in [4.78, 5) is 2.57. The van der Waals surface area contributed by atoms with Crippen LogP contribution >= 0.6 is 0 Å². The average Bonchev–Trinajstić information content (AvgIpc) is 2.56. The smallest absolute Gasteiger partial charge is 0.0672 e. The van der Waals surface area contributed by atoms with Crippen LogP contribution in [0.2, 0.25) is 0 Å². The quantitative estimate of drug-likeness (QED) is 0.763. The Morgan fingerprint density at radius 2 is 1.83 bits per heavy atom. The number of nitriles is 1. The van der Waals surface area contributed by atoms with Crippen molar-refractivity contribution in [2.45, 2.75) is 69.9 Å². The van der Waals surface area contributed by atoms with Crippen molar-refractivity contribution in [3.8, 4) is 6.07 Å². The van der Waals surface area contributed by atoms with E-state index in [9.17, 15) is 5.26 Å². The van der Waals surface area contributed by atoms with Crippen LogP contribution in [0.3, 0.4) is 0 Å². The van der Waals surface area contributed by atoms with Crippen molar-refractivity contribution in [3.63, 3.8) is 0 Å².